The number of hydrogen-bond acceptors (Lipinski definition) is 3. The standard InChI is InChI=1S/C10H10F3NO3/c11-10(12,13)5-1-2-6(8(15)3-5)7(14)4-9(16)17/h1-3,7,15H,4,14H2,(H,16,17)/t7-/m1/s1. The van der Waals surface area contributed by atoms with Gasteiger partial charge in [0.05, 0.1) is 12.0 Å². The molecule has 0 unspecified atom stereocenters. The van der Waals surface area contributed by atoms with Gasteiger partial charge in [-0.05, 0) is 12.1 Å². The van der Waals surface area contributed by atoms with Crippen LogP contribution in [0.5, 0.6) is 5.75 Å². The van der Waals surface area contributed by atoms with Crippen molar-refractivity contribution < 1.29 is 28.2 Å². The molecule has 94 valence electrons. The zero-order valence-corrected chi connectivity index (χ0v) is 8.53. The van der Waals surface area contributed by atoms with Gasteiger partial charge < -0.3 is 15.9 Å². The number of aliphatic carboxylic acids is 1. The first-order chi connectivity index (χ1) is 7.71. The van der Waals surface area contributed by atoms with E-state index in [0.29, 0.717) is 6.07 Å². The highest BCUT2D eigenvalue weighted by Crippen LogP contribution is 2.34. The Morgan fingerprint density at radius 3 is 2.41 bits per heavy atom. The molecule has 1 rings (SSSR count). The molecule has 0 aliphatic heterocycles. The largest absolute Gasteiger partial charge is 0.508 e. The maximum Gasteiger partial charge on any atom is 0.416 e. The molecule has 1 aromatic carbocycles. The first-order valence-corrected chi connectivity index (χ1v) is 4.59. The molecule has 0 amide bonds. The van der Waals surface area contributed by atoms with E-state index in [1.807, 2.05) is 0 Å². The second-order valence-corrected chi connectivity index (χ2v) is 3.48. The Hall–Kier alpha value is -1.76. The maximum absolute atomic E-state index is 12.3. The topological polar surface area (TPSA) is 83.6 Å². The summed E-state index contributed by atoms with van der Waals surface area (Å²) in [7, 11) is 0. The summed E-state index contributed by atoms with van der Waals surface area (Å²) in [4.78, 5) is 10.4. The molecule has 0 aliphatic rings. The van der Waals surface area contributed by atoms with Crippen LogP contribution in [0.25, 0.3) is 0 Å². The monoisotopic (exact) mass is 249 g/mol. The lowest BCUT2D eigenvalue weighted by Crippen LogP contribution is -2.15. The molecular weight excluding hydrogens is 239 g/mol. The molecule has 0 radical (unpaired) electrons. The summed E-state index contributed by atoms with van der Waals surface area (Å²) < 4.78 is 36.8. The Morgan fingerprint density at radius 2 is 2.00 bits per heavy atom. The zero-order valence-electron chi connectivity index (χ0n) is 8.53. The Bertz CT molecular complexity index is 431. The molecule has 0 spiro atoms. The van der Waals surface area contributed by atoms with Gasteiger partial charge >= 0.3 is 12.1 Å². The third-order valence-electron chi connectivity index (χ3n) is 2.15. The minimum Gasteiger partial charge on any atom is -0.508 e. The van der Waals surface area contributed by atoms with Crippen LogP contribution in [0.1, 0.15) is 23.6 Å². The molecule has 7 heteroatoms. The van der Waals surface area contributed by atoms with Gasteiger partial charge in [-0.1, -0.05) is 6.07 Å². The number of halogens is 3. The van der Waals surface area contributed by atoms with Gasteiger partial charge in [-0.3, -0.25) is 4.79 Å². The highest BCUT2D eigenvalue weighted by molar-refractivity contribution is 5.68. The highest BCUT2D eigenvalue weighted by atomic mass is 19.4. The predicted octanol–water partition coefficient (Wildman–Crippen LogP) is 1.89. The highest BCUT2D eigenvalue weighted by Gasteiger charge is 2.31. The van der Waals surface area contributed by atoms with Crippen LogP contribution >= 0.6 is 0 Å². The van der Waals surface area contributed by atoms with Gasteiger partial charge in [0.1, 0.15) is 5.75 Å². The van der Waals surface area contributed by atoms with Gasteiger partial charge in [0.2, 0.25) is 0 Å². The average molecular weight is 249 g/mol. The van der Waals surface area contributed by atoms with Crippen LogP contribution in [0.2, 0.25) is 0 Å². The Morgan fingerprint density at radius 1 is 1.41 bits per heavy atom. The van der Waals surface area contributed by atoms with E-state index in [1.165, 1.54) is 0 Å². The van der Waals surface area contributed by atoms with Crippen LogP contribution in [0.4, 0.5) is 13.2 Å². The molecule has 4 nitrogen and oxygen atoms in total. The summed E-state index contributed by atoms with van der Waals surface area (Å²) >= 11 is 0. The molecule has 17 heavy (non-hydrogen) atoms. The van der Waals surface area contributed by atoms with E-state index >= 15 is 0 Å². The lowest BCUT2D eigenvalue weighted by Gasteiger charge is -2.13. The molecule has 0 aromatic heterocycles. The van der Waals surface area contributed by atoms with Gasteiger partial charge in [-0.15, -0.1) is 0 Å². The van der Waals surface area contributed by atoms with Crippen molar-refractivity contribution in [3.63, 3.8) is 0 Å². The number of carboxylic acids is 1. The summed E-state index contributed by atoms with van der Waals surface area (Å²) in [5.41, 5.74) is 4.39. The maximum atomic E-state index is 12.3. The van der Waals surface area contributed by atoms with Crippen molar-refractivity contribution in [2.45, 2.75) is 18.6 Å². The van der Waals surface area contributed by atoms with Crippen LogP contribution in [0.3, 0.4) is 0 Å². The molecule has 1 atom stereocenters. The SMILES string of the molecule is N[C@H](CC(=O)O)c1ccc(C(F)(F)F)cc1O. The van der Waals surface area contributed by atoms with Crippen molar-refractivity contribution in [3.8, 4) is 5.75 Å². The molecule has 0 saturated carbocycles. The van der Waals surface area contributed by atoms with Gasteiger partial charge in [0.25, 0.3) is 0 Å². The average Bonchev–Trinajstić information content (AvgIpc) is 2.14. The molecule has 0 heterocycles. The molecule has 0 aliphatic carbocycles. The number of carbonyl (C=O) groups is 1. The van der Waals surface area contributed by atoms with E-state index < -0.39 is 35.9 Å². The minimum atomic E-state index is -4.56. The molecule has 0 bridgehead atoms. The number of hydrogen-bond donors (Lipinski definition) is 3. The van der Waals surface area contributed by atoms with Crippen LogP contribution in [-0.4, -0.2) is 16.2 Å². The first-order valence-electron chi connectivity index (χ1n) is 4.59. The van der Waals surface area contributed by atoms with E-state index in [1.54, 1.807) is 0 Å². The molecule has 4 N–H and O–H groups in total. The van der Waals surface area contributed by atoms with Crippen molar-refractivity contribution in [2.75, 3.05) is 0 Å². The summed E-state index contributed by atoms with van der Waals surface area (Å²) in [6, 6.07) is 1.20. The Balaban J connectivity index is 3.02. The van der Waals surface area contributed by atoms with Gasteiger partial charge in [-0.25, -0.2) is 0 Å². The molecular formula is C10H10F3NO3. The number of rotatable bonds is 3. The van der Waals surface area contributed by atoms with Crippen molar-refractivity contribution in [2.24, 2.45) is 5.73 Å². The van der Waals surface area contributed by atoms with E-state index in [9.17, 15) is 23.1 Å². The number of nitrogens with two attached hydrogens (primary N) is 1. The lowest BCUT2D eigenvalue weighted by atomic mass is 10.0. The first kappa shape index (κ1) is 13.3. The van der Waals surface area contributed by atoms with E-state index in [4.69, 9.17) is 10.8 Å². The van der Waals surface area contributed by atoms with Gasteiger partial charge in [-0.2, -0.15) is 13.2 Å². The van der Waals surface area contributed by atoms with Gasteiger partial charge in [0, 0.05) is 11.6 Å². The fourth-order valence-corrected chi connectivity index (χ4v) is 1.33. The lowest BCUT2D eigenvalue weighted by molar-refractivity contribution is -0.138. The zero-order chi connectivity index (χ0) is 13.2. The van der Waals surface area contributed by atoms with Crippen molar-refractivity contribution >= 4 is 5.97 Å². The van der Waals surface area contributed by atoms with Crippen LogP contribution in [-0.2, 0) is 11.0 Å². The quantitative estimate of drug-likeness (QED) is 0.763. The van der Waals surface area contributed by atoms with Gasteiger partial charge in [0.15, 0.2) is 0 Å². The van der Waals surface area contributed by atoms with Crippen LogP contribution < -0.4 is 5.73 Å². The van der Waals surface area contributed by atoms with Crippen LogP contribution in [0.15, 0.2) is 18.2 Å². The molecule has 0 fully saturated rings. The normalized spacial score (nSPS) is 13.4. The molecule has 1 aromatic rings. The number of aromatic hydroxyl groups is 1. The Kier molecular flexibility index (Phi) is 3.62. The number of phenolic OH excluding ortho intramolecular Hbond substituents is 1. The summed E-state index contributed by atoms with van der Waals surface area (Å²) in [5.74, 6) is -1.86. The number of alkyl halides is 3. The summed E-state index contributed by atoms with van der Waals surface area (Å²) in [5, 5.41) is 17.8. The van der Waals surface area contributed by atoms with Crippen molar-refractivity contribution in [1.82, 2.24) is 0 Å². The third kappa shape index (κ3) is 3.35. The van der Waals surface area contributed by atoms with E-state index in [-0.39, 0.29) is 5.56 Å². The smallest absolute Gasteiger partial charge is 0.416 e. The fourth-order valence-electron chi connectivity index (χ4n) is 1.33. The number of carboxylic acid groups (broad SMARTS) is 1. The molecule has 0 saturated heterocycles. The third-order valence-corrected chi connectivity index (χ3v) is 2.15. The van der Waals surface area contributed by atoms with Crippen molar-refractivity contribution in [3.05, 3.63) is 29.3 Å². The second kappa shape index (κ2) is 4.62. The van der Waals surface area contributed by atoms with E-state index in [0.717, 1.165) is 12.1 Å². The van der Waals surface area contributed by atoms with Crippen LogP contribution in [0, 0.1) is 0 Å². The van der Waals surface area contributed by atoms with E-state index in [2.05, 4.69) is 0 Å². The summed E-state index contributed by atoms with van der Waals surface area (Å²) in [6.45, 7) is 0. The minimum absolute atomic E-state index is 0.0274. The second-order valence-electron chi connectivity index (χ2n) is 3.48. The predicted molar refractivity (Wildman–Crippen MR) is 52.3 cm³/mol. The number of phenols is 1. The Labute approximate surface area is 94.5 Å². The fraction of sp³-hybridized carbons (Fsp3) is 0.300. The van der Waals surface area contributed by atoms with Crippen molar-refractivity contribution in [1.29, 1.82) is 0 Å². The summed E-state index contributed by atoms with van der Waals surface area (Å²) in [6.07, 6.45) is -5.04. The number of benzene rings is 1.